The SMILES string of the molecule is CC(=O)[C@@H]1CCCN2C(=O)CCN(O)C(=O)N12. The maximum atomic E-state index is 11.9. The van der Waals surface area contributed by atoms with Crippen LogP contribution in [0.1, 0.15) is 26.2 Å². The summed E-state index contributed by atoms with van der Waals surface area (Å²) in [5.41, 5.74) is 0. The van der Waals surface area contributed by atoms with Crippen molar-refractivity contribution >= 4 is 17.7 Å². The van der Waals surface area contributed by atoms with Crippen LogP contribution < -0.4 is 0 Å². The van der Waals surface area contributed by atoms with Crippen molar-refractivity contribution in [3.8, 4) is 0 Å². The number of hydrogen-bond donors (Lipinski definition) is 1. The molecule has 2 rings (SSSR count). The summed E-state index contributed by atoms with van der Waals surface area (Å²) in [6.07, 6.45) is 1.28. The molecule has 94 valence electrons. The fourth-order valence-corrected chi connectivity index (χ4v) is 2.23. The third kappa shape index (κ3) is 1.97. The fraction of sp³-hybridized carbons (Fsp3) is 0.700. The van der Waals surface area contributed by atoms with Gasteiger partial charge in [0.1, 0.15) is 6.04 Å². The van der Waals surface area contributed by atoms with E-state index in [-0.39, 0.29) is 24.7 Å². The lowest BCUT2D eigenvalue weighted by Gasteiger charge is -2.41. The molecule has 2 saturated heterocycles. The lowest BCUT2D eigenvalue weighted by Crippen LogP contribution is -2.60. The average molecular weight is 241 g/mol. The van der Waals surface area contributed by atoms with E-state index in [1.54, 1.807) is 0 Å². The minimum absolute atomic E-state index is 0.0324. The molecule has 2 aliphatic heterocycles. The molecule has 1 N–H and O–H groups in total. The molecule has 17 heavy (non-hydrogen) atoms. The summed E-state index contributed by atoms with van der Waals surface area (Å²) in [4.78, 5) is 35.2. The zero-order chi connectivity index (χ0) is 12.6. The van der Waals surface area contributed by atoms with Crippen molar-refractivity contribution in [3.05, 3.63) is 0 Å². The van der Waals surface area contributed by atoms with Crippen LogP contribution in [0.2, 0.25) is 0 Å². The third-order valence-electron chi connectivity index (χ3n) is 3.11. The molecule has 0 bridgehead atoms. The minimum Gasteiger partial charge on any atom is -0.298 e. The monoisotopic (exact) mass is 241 g/mol. The van der Waals surface area contributed by atoms with Gasteiger partial charge in [0.2, 0.25) is 5.91 Å². The normalized spacial score (nSPS) is 25.8. The number of fused-ring (bicyclic) bond motifs is 1. The predicted octanol–water partition coefficient (Wildman–Crippen LogP) is -0.00170. The topological polar surface area (TPSA) is 81.2 Å². The van der Waals surface area contributed by atoms with Gasteiger partial charge >= 0.3 is 6.03 Å². The van der Waals surface area contributed by atoms with Gasteiger partial charge in [0.25, 0.3) is 0 Å². The Balaban J connectivity index is 2.34. The zero-order valence-electron chi connectivity index (χ0n) is 9.63. The van der Waals surface area contributed by atoms with Gasteiger partial charge in [-0.05, 0) is 19.8 Å². The second-order valence-electron chi connectivity index (χ2n) is 4.29. The maximum Gasteiger partial charge on any atom is 0.363 e. The van der Waals surface area contributed by atoms with Crippen LogP contribution in [-0.2, 0) is 9.59 Å². The number of nitrogens with zero attached hydrogens (tertiary/aromatic N) is 3. The van der Waals surface area contributed by atoms with Gasteiger partial charge in [-0.2, -0.15) is 0 Å². The Kier molecular flexibility index (Phi) is 3.01. The van der Waals surface area contributed by atoms with Gasteiger partial charge < -0.3 is 0 Å². The van der Waals surface area contributed by atoms with Gasteiger partial charge in [-0.15, -0.1) is 0 Å². The van der Waals surface area contributed by atoms with Crippen molar-refractivity contribution in [3.63, 3.8) is 0 Å². The van der Waals surface area contributed by atoms with Gasteiger partial charge in [0, 0.05) is 13.0 Å². The van der Waals surface area contributed by atoms with Crippen LogP contribution in [0, 0.1) is 0 Å². The van der Waals surface area contributed by atoms with Crippen LogP contribution in [-0.4, -0.2) is 57.1 Å². The molecule has 7 heteroatoms. The Morgan fingerprint density at radius 3 is 2.71 bits per heavy atom. The van der Waals surface area contributed by atoms with E-state index in [0.29, 0.717) is 24.4 Å². The lowest BCUT2D eigenvalue weighted by atomic mass is 10.0. The molecular formula is C10H15N3O4. The Morgan fingerprint density at radius 2 is 2.06 bits per heavy atom. The van der Waals surface area contributed by atoms with Crippen LogP contribution in [0.25, 0.3) is 0 Å². The van der Waals surface area contributed by atoms with Crippen LogP contribution in [0.5, 0.6) is 0 Å². The first-order valence-electron chi connectivity index (χ1n) is 5.62. The molecule has 0 aliphatic carbocycles. The summed E-state index contributed by atoms with van der Waals surface area (Å²) >= 11 is 0. The van der Waals surface area contributed by atoms with Crippen molar-refractivity contribution in [1.29, 1.82) is 0 Å². The highest BCUT2D eigenvalue weighted by Crippen LogP contribution is 2.23. The quantitative estimate of drug-likeness (QED) is 0.655. The van der Waals surface area contributed by atoms with Crippen LogP contribution in [0.4, 0.5) is 4.79 Å². The number of urea groups is 1. The lowest BCUT2D eigenvalue weighted by molar-refractivity contribution is -0.155. The van der Waals surface area contributed by atoms with Gasteiger partial charge in [-0.1, -0.05) is 0 Å². The van der Waals surface area contributed by atoms with Crippen molar-refractivity contribution in [2.45, 2.75) is 32.2 Å². The molecular weight excluding hydrogens is 226 g/mol. The number of carbonyl (C=O) groups is 3. The van der Waals surface area contributed by atoms with E-state index in [4.69, 9.17) is 0 Å². The summed E-state index contributed by atoms with van der Waals surface area (Å²) in [6, 6.07) is -1.34. The van der Waals surface area contributed by atoms with E-state index in [0.717, 1.165) is 5.01 Å². The highest BCUT2D eigenvalue weighted by molar-refractivity contribution is 5.90. The summed E-state index contributed by atoms with van der Waals surface area (Å²) in [5.74, 6) is -0.410. The molecule has 2 fully saturated rings. The molecule has 0 saturated carbocycles. The van der Waals surface area contributed by atoms with E-state index in [1.165, 1.54) is 11.9 Å². The maximum absolute atomic E-state index is 11.9. The van der Waals surface area contributed by atoms with E-state index >= 15 is 0 Å². The fourth-order valence-electron chi connectivity index (χ4n) is 2.23. The molecule has 0 unspecified atom stereocenters. The molecule has 3 amide bonds. The van der Waals surface area contributed by atoms with Crippen molar-refractivity contribution in [2.75, 3.05) is 13.1 Å². The standard InChI is InChI=1S/C10H15N3O4/c1-7(14)8-3-2-5-11-9(15)4-6-12(17)10(16)13(8)11/h8,17H,2-6H2,1H3/t8-/m0/s1. The second kappa shape index (κ2) is 4.33. The molecule has 0 spiro atoms. The Bertz CT molecular complexity index is 371. The highest BCUT2D eigenvalue weighted by atomic mass is 16.5. The summed E-state index contributed by atoms with van der Waals surface area (Å²) in [6.45, 7) is 1.77. The van der Waals surface area contributed by atoms with Crippen LogP contribution in [0.3, 0.4) is 0 Å². The Labute approximate surface area is 98.5 Å². The van der Waals surface area contributed by atoms with E-state index < -0.39 is 12.1 Å². The first kappa shape index (κ1) is 11.8. The number of Topliss-reactive ketones (excluding diaryl/α,β-unsaturated/α-hetero) is 1. The third-order valence-corrected chi connectivity index (χ3v) is 3.11. The number of amides is 3. The number of hydrazine groups is 1. The van der Waals surface area contributed by atoms with Crippen LogP contribution in [0.15, 0.2) is 0 Å². The highest BCUT2D eigenvalue weighted by Gasteiger charge is 2.41. The smallest absolute Gasteiger partial charge is 0.298 e. The summed E-state index contributed by atoms with van der Waals surface area (Å²) in [7, 11) is 0. The molecule has 0 aromatic rings. The van der Waals surface area contributed by atoms with Crippen molar-refractivity contribution < 1.29 is 19.6 Å². The number of rotatable bonds is 1. The number of hydroxylamine groups is 2. The number of carbonyl (C=O) groups excluding carboxylic acids is 3. The molecule has 0 radical (unpaired) electrons. The molecule has 0 aromatic carbocycles. The number of ketones is 1. The first-order chi connectivity index (χ1) is 8.02. The molecule has 2 aliphatic rings. The average Bonchev–Trinajstić information content (AvgIpc) is 2.42. The summed E-state index contributed by atoms with van der Waals surface area (Å²) in [5, 5.41) is 12.3. The molecule has 1 atom stereocenters. The molecule has 7 nitrogen and oxygen atoms in total. The Hall–Kier alpha value is -1.63. The number of hydrogen-bond acceptors (Lipinski definition) is 4. The van der Waals surface area contributed by atoms with Gasteiger partial charge in [-0.25, -0.2) is 19.9 Å². The predicted molar refractivity (Wildman–Crippen MR) is 55.8 cm³/mol. The van der Waals surface area contributed by atoms with Gasteiger partial charge in [0.05, 0.1) is 6.54 Å². The van der Waals surface area contributed by atoms with Gasteiger partial charge in [-0.3, -0.25) is 14.8 Å². The molecule has 2 heterocycles. The first-order valence-corrected chi connectivity index (χ1v) is 5.62. The van der Waals surface area contributed by atoms with Gasteiger partial charge in [0.15, 0.2) is 5.78 Å². The minimum atomic E-state index is -0.698. The molecule has 0 aromatic heterocycles. The van der Waals surface area contributed by atoms with E-state index in [2.05, 4.69) is 0 Å². The van der Waals surface area contributed by atoms with Crippen molar-refractivity contribution in [2.24, 2.45) is 0 Å². The van der Waals surface area contributed by atoms with Crippen LogP contribution >= 0.6 is 0 Å². The summed E-state index contributed by atoms with van der Waals surface area (Å²) < 4.78 is 0. The largest absolute Gasteiger partial charge is 0.363 e. The second-order valence-corrected chi connectivity index (χ2v) is 4.29. The van der Waals surface area contributed by atoms with Crippen molar-refractivity contribution in [1.82, 2.24) is 15.1 Å². The Morgan fingerprint density at radius 1 is 1.35 bits per heavy atom. The van der Waals surface area contributed by atoms with E-state index in [9.17, 15) is 19.6 Å². The zero-order valence-corrected chi connectivity index (χ0v) is 9.63. The van der Waals surface area contributed by atoms with E-state index in [1.807, 2.05) is 0 Å².